The van der Waals surface area contributed by atoms with E-state index in [2.05, 4.69) is 15.2 Å². The van der Waals surface area contributed by atoms with Crippen LogP contribution in [0.25, 0.3) is 0 Å². The maximum Gasteiger partial charge on any atom is 0.335 e. The number of nitrogens with zero attached hydrogens (tertiary/aromatic N) is 2. The van der Waals surface area contributed by atoms with E-state index in [0.29, 0.717) is 12.1 Å². The second-order valence-corrected chi connectivity index (χ2v) is 5.27. The molecule has 0 aromatic carbocycles. The van der Waals surface area contributed by atoms with Crippen LogP contribution in [-0.4, -0.2) is 46.5 Å². The van der Waals surface area contributed by atoms with Gasteiger partial charge in [-0.2, -0.15) is 0 Å². The van der Waals surface area contributed by atoms with Gasteiger partial charge in [-0.25, -0.2) is 4.79 Å². The molecule has 1 fully saturated rings. The van der Waals surface area contributed by atoms with E-state index in [0.717, 1.165) is 19.6 Å². The monoisotopic (exact) mass is 291 g/mol. The summed E-state index contributed by atoms with van der Waals surface area (Å²) in [4.78, 5) is 29.0. The molecule has 0 radical (unpaired) electrons. The molecule has 1 aliphatic rings. The van der Waals surface area contributed by atoms with Crippen LogP contribution in [0.1, 0.15) is 41.7 Å². The molecule has 0 spiro atoms. The van der Waals surface area contributed by atoms with E-state index >= 15 is 0 Å². The topological polar surface area (TPSA) is 82.5 Å². The third-order valence-electron chi connectivity index (χ3n) is 3.63. The lowest BCUT2D eigenvalue weighted by Gasteiger charge is -2.25. The molecule has 2 rings (SSSR count). The molecule has 6 heteroatoms. The van der Waals surface area contributed by atoms with Gasteiger partial charge in [0.25, 0.3) is 0 Å². The Kier molecular flexibility index (Phi) is 5.68. The fraction of sp³-hybridized carbons (Fsp3) is 0.533. The molecule has 0 atom stereocenters. The van der Waals surface area contributed by atoms with Crippen molar-refractivity contribution in [2.45, 2.75) is 32.2 Å². The Balaban J connectivity index is 1.73. The number of carbonyl (C=O) groups excluding carboxylic acids is 1. The summed E-state index contributed by atoms with van der Waals surface area (Å²) in [7, 11) is 0. The molecule has 2 heterocycles. The van der Waals surface area contributed by atoms with E-state index in [-0.39, 0.29) is 18.0 Å². The lowest BCUT2D eigenvalue weighted by Crippen LogP contribution is -2.34. The van der Waals surface area contributed by atoms with Crippen molar-refractivity contribution in [2.24, 2.45) is 0 Å². The van der Waals surface area contributed by atoms with Crippen LogP contribution in [-0.2, 0) is 11.3 Å². The van der Waals surface area contributed by atoms with Crippen LogP contribution in [0.3, 0.4) is 0 Å². The molecule has 1 aromatic rings. The Labute approximate surface area is 124 Å². The lowest BCUT2D eigenvalue weighted by atomic mass is 10.1. The third-order valence-corrected chi connectivity index (χ3v) is 3.63. The number of rotatable bonds is 6. The normalized spacial score (nSPS) is 15.6. The van der Waals surface area contributed by atoms with E-state index in [1.807, 2.05) is 0 Å². The molecule has 0 saturated carbocycles. The van der Waals surface area contributed by atoms with Crippen LogP contribution < -0.4 is 5.32 Å². The maximum absolute atomic E-state index is 11.8. The molecule has 1 amide bonds. The predicted octanol–water partition coefficient (Wildman–Crippen LogP) is 1.27. The quantitative estimate of drug-likeness (QED) is 0.825. The number of hydrogen-bond donors (Lipinski definition) is 2. The molecule has 0 unspecified atom stereocenters. The van der Waals surface area contributed by atoms with Gasteiger partial charge in [-0.05, 0) is 38.1 Å². The Bertz CT molecular complexity index is 499. The fourth-order valence-electron chi connectivity index (χ4n) is 2.43. The van der Waals surface area contributed by atoms with Crippen LogP contribution in [0, 0.1) is 0 Å². The first-order chi connectivity index (χ1) is 10.1. The predicted molar refractivity (Wildman–Crippen MR) is 78.0 cm³/mol. The van der Waals surface area contributed by atoms with Crippen LogP contribution in [0.2, 0.25) is 0 Å². The van der Waals surface area contributed by atoms with Crippen molar-refractivity contribution in [3.63, 3.8) is 0 Å². The van der Waals surface area contributed by atoms with Gasteiger partial charge in [0.2, 0.25) is 5.91 Å². The summed E-state index contributed by atoms with van der Waals surface area (Å²) >= 11 is 0. The van der Waals surface area contributed by atoms with Crippen LogP contribution in [0.15, 0.2) is 18.3 Å². The number of nitrogens with one attached hydrogen (secondary N) is 1. The molecule has 2 N–H and O–H groups in total. The minimum Gasteiger partial charge on any atom is -0.478 e. The molecule has 0 aliphatic carbocycles. The summed E-state index contributed by atoms with van der Waals surface area (Å²) < 4.78 is 0. The highest BCUT2D eigenvalue weighted by atomic mass is 16.4. The summed E-state index contributed by atoms with van der Waals surface area (Å²) in [5.41, 5.74) is 0.740. The molecular weight excluding hydrogens is 270 g/mol. The number of piperidine rings is 1. The summed E-state index contributed by atoms with van der Waals surface area (Å²) in [5, 5.41) is 11.7. The highest BCUT2D eigenvalue weighted by Crippen LogP contribution is 2.08. The number of carboxylic acid groups (broad SMARTS) is 1. The first-order valence-electron chi connectivity index (χ1n) is 7.32. The second kappa shape index (κ2) is 7.73. The number of hydrogen-bond acceptors (Lipinski definition) is 4. The molecule has 6 nitrogen and oxygen atoms in total. The van der Waals surface area contributed by atoms with Gasteiger partial charge in [0, 0.05) is 19.2 Å². The molecule has 0 bridgehead atoms. The molecule has 1 aliphatic heterocycles. The van der Waals surface area contributed by atoms with E-state index in [9.17, 15) is 9.59 Å². The van der Waals surface area contributed by atoms with Gasteiger partial charge in [0.1, 0.15) is 0 Å². The molecule has 1 aromatic heterocycles. The standard InChI is InChI=1S/C15H21N3O3/c19-14(5-9-18-7-2-1-3-8-18)17-11-13-10-12(15(20)21)4-6-16-13/h4,6,10H,1-3,5,7-9,11H2,(H,17,19)(H,20,21). The van der Waals surface area contributed by atoms with Gasteiger partial charge >= 0.3 is 5.97 Å². The smallest absolute Gasteiger partial charge is 0.335 e. The highest BCUT2D eigenvalue weighted by Gasteiger charge is 2.12. The summed E-state index contributed by atoms with van der Waals surface area (Å²) in [6, 6.07) is 2.91. The molecule has 21 heavy (non-hydrogen) atoms. The minimum absolute atomic E-state index is 0.0249. The van der Waals surface area contributed by atoms with Gasteiger partial charge in [0.05, 0.1) is 17.8 Å². The van der Waals surface area contributed by atoms with Crippen molar-refractivity contribution in [1.29, 1.82) is 0 Å². The van der Waals surface area contributed by atoms with Crippen LogP contribution in [0.5, 0.6) is 0 Å². The first kappa shape index (κ1) is 15.4. The number of pyridine rings is 1. The van der Waals surface area contributed by atoms with Crippen molar-refractivity contribution >= 4 is 11.9 Å². The van der Waals surface area contributed by atoms with Crippen molar-refractivity contribution in [1.82, 2.24) is 15.2 Å². The number of carboxylic acids is 1. The number of carbonyl (C=O) groups is 2. The van der Waals surface area contributed by atoms with Gasteiger partial charge in [-0.3, -0.25) is 9.78 Å². The Morgan fingerprint density at radius 1 is 1.29 bits per heavy atom. The Morgan fingerprint density at radius 2 is 2.05 bits per heavy atom. The molecular formula is C15H21N3O3. The fourth-order valence-corrected chi connectivity index (χ4v) is 2.43. The zero-order chi connectivity index (χ0) is 15.1. The highest BCUT2D eigenvalue weighted by molar-refractivity contribution is 5.87. The summed E-state index contributed by atoms with van der Waals surface area (Å²) in [6.07, 6.45) is 5.63. The molecule has 114 valence electrons. The van der Waals surface area contributed by atoms with Crippen molar-refractivity contribution < 1.29 is 14.7 Å². The van der Waals surface area contributed by atoms with E-state index in [1.165, 1.54) is 37.6 Å². The number of likely N-dealkylation sites (tertiary alicyclic amines) is 1. The average molecular weight is 291 g/mol. The Hall–Kier alpha value is -1.95. The van der Waals surface area contributed by atoms with Gasteiger partial charge < -0.3 is 15.3 Å². The average Bonchev–Trinajstić information content (AvgIpc) is 2.52. The van der Waals surface area contributed by atoms with E-state index in [4.69, 9.17) is 5.11 Å². The zero-order valence-corrected chi connectivity index (χ0v) is 12.0. The van der Waals surface area contributed by atoms with Crippen molar-refractivity contribution in [2.75, 3.05) is 19.6 Å². The number of amides is 1. The second-order valence-electron chi connectivity index (χ2n) is 5.27. The van der Waals surface area contributed by atoms with Crippen molar-refractivity contribution in [3.8, 4) is 0 Å². The summed E-state index contributed by atoms with van der Waals surface area (Å²) in [6.45, 7) is 3.21. The van der Waals surface area contributed by atoms with Crippen molar-refractivity contribution in [3.05, 3.63) is 29.6 Å². The van der Waals surface area contributed by atoms with Gasteiger partial charge in [-0.15, -0.1) is 0 Å². The zero-order valence-electron chi connectivity index (χ0n) is 12.0. The largest absolute Gasteiger partial charge is 0.478 e. The number of aromatic nitrogens is 1. The van der Waals surface area contributed by atoms with Crippen LogP contribution in [0.4, 0.5) is 0 Å². The van der Waals surface area contributed by atoms with E-state index in [1.54, 1.807) is 0 Å². The Morgan fingerprint density at radius 3 is 2.76 bits per heavy atom. The lowest BCUT2D eigenvalue weighted by molar-refractivity contribution is -0.121. The first-order valence-corrected chi connectivity index (χ1v) is 7.32. The molecule has 1 saturated heterocycles. The van der Waals surface area contributed by atoms with Gasteiger partial charge in [0.15, 0.2) is 0 Å². The third kappa shape index (κ3) is 5.15. The minimum atomic E-state index is -0.991. The van der Waals surface area contributed by atoms with Crippen LogP contribution >= 0.6 is 0 Å². The van der Waals surface area contributed by atoms with Gasteiger partial charge in [-0.1, -0.05) is 6.42 Å². The SMILES string of the molecule is O=C(CCN1CCCCC1)NCc1cc(C(=O)O)ccn1. The summed E-state index contributed by atoms with van der Waals surface area (Å²) in [5.74, 6) is -1.02. The van der Waals surface area contributed by atoms with E-state index < -0.39 is 5.97 Å². The maximum atomic E-state index is 11.8. The number of aromatic carboxylic acids is 1.